The summed E-state index contributed by atoms with van der Waals surface area (Å²) >= 11 is 0. The third-order valence-corrected chi connectivity index (χ3v) is 2.79. The fourth-order valence-electron chi connectivity index (χ4n) is 1.98. The van der Waals surface area contributed by atoms with Gasteiger partial charge in [-0.15, -0.1) is 0 Å². The first-order valence-corrected chi connectivity index (χ1v) is 5.85. The number of rotatable bonds is 2. The highest BCUT2D eigenvalue weighted by molar-refractivity contribution is 5.53. The van der Waals surface area contributed by atoms with Crippen LogP contribution in [0.5, 0.6) is 0 Å². The molecule has 0 atom stereocenters. The third-order valence-electron chi connectivity index (χ3n) is 2.79. The SMILES string of the molecule is OCCC#Cc1cccc(N2CCCC2)c1. The minimum Gasteiger partial charge on any atom is -0.395 e. The highest BCUT2D eigenvalue weighted by Gasteiger charge is 2.11. The first-order valence-electron chi connectivity index (χ1n) is 5.85. The summed E-state index contributed by atoms with van der Waals surface area (Å²) < 4.78 is 0. The molecule has 2 rings (SSSR count). The van der Waals surface area contributed by atoms with Crippen LogP contribution in [-0.2, 0) is 0 Å². The Hall–Kier alpha value is -1.46. The Morgan fingerprint density at radius 2 is 2.06 bits per heavy atom. The molecule has 1 fully saturated rings. The van der Waals surface area contributed by atoms with Crippen LogP contribution in [0, 0.1) is 11.8 Å². The Morgan fingerprint density at radius 3 is 2.81 bits per heavy atom. The normalized spacial score (nSPS) is 14.7. The van der Waals surface area contributed by atoms with E-state index in [-0.39, 0.29) is 6.61 Å². The van der Waals surface area contributed by atoms with Crippen LogP contribution in [0.15, 0.2) is 24.3 Å². The molecular weight excluding hydrogens is 198 g/mol. The molecule has 0 bridgehead atoms. The molecule has 1 aliphatic rings. The average molecular weight is 215 g/mol. The van der Waals surface area contributed by atoms with Crippen LogP contribution in [-0.4, -0.2) is 24.8 Å². The van der Waals surface area contributed by atoms with Gasteiger partial charge in [-0.2, -0.15) is 0 Å². The molecule has 1 heterocycles. The molecule has 1 aliphatic heterocycles. The summed E-state index contributed by atoms with van der Waals surface area (Å²) in [6, 6.07) is 8.35. The van der Waals surface area contributed by atoms with E-state index in [9.17, 15) is 0 Å². The Kier molecular flexibility index (Phi) is 3.85. The summed E-state index contributed by atoms with van der Waals surface area (Å²) in [4.78, 5) is 2.40. The zero-order chi connectivity index (χ0) is 11.2. The van der Waals surface area contributed by atoms with Gasteiger partial charge in [0.2, 0.25) is 0 Å². The maximum Gasteiger partial charge on any atom is 0.0540 e. The van der Waals surface area contributed by atoms with Crippen molar-refractivity contribution in [2.75, 3.05) is 24.6 Å². The van der Waals surface area contributed by atoms with Crippen molar-refractivity contribution in [1.29, 1.82) is 0 Å². The van der Waals surface area contributed by atoms with E-state index in [1.807, 2.05) is 6.07 Å². The topological polar surface area (TPSA) is 23.5 Å². The van der Waals surface area contributed by atoms with E-state index < -0.39 is 0 Å². The lowest BCUT2D eigenvalue weighted by Crippen LogP contribution is -2.17. The summed E-state index contributed by atoms with van der Waals surface area (Å²) in [7, 11) is 0. The lowest BCUT2D eigenvalue weighted by atomic mass is 10.2. The van der Waals surface area contributed by atoms with Gasteiger partial charge in [0.15, 0.2) is 0 Å². The fourth-order valence-corrected chi connectivity index (χ4v) is 1.98. The molecule has 0 spiro atoms. The van der Waals surface area contributed by atoms with Gasteiger partial charge in [0.05, 0.1) is 6.61 Å². The maximum atomic E-state index is 8.66. The lowest BCUT2D eigenvalue weighted by Gasteiger charge is -2.17. The van der Waals surface area contributed by atoms with Gasteiger partial charge in [0.25, 0.3) is 0 Å². The van der Waals surface area contributed by atoms with E-state index in [0.29, 0.717) is 6.42 Å². The maximum absolute atomic E-state index is 8.66. The molecule has 2 nitrogen and oxygen atoms in total. The quantitative estimate of drug-likeness (QED) is 0.763. The van der Waals surface area contributed by atoms with E-state index in [4.69, 9.17) is 5.11 Å². The molecule has 16 heavy (non-hydrogen) atoms. The monoisotopic (exact) mass is 215 g/mol. The molecule has 1 aromatic rings. The van der Waals surface area contributed by atoms with Gasteiger partial charge in [-0.05, 0) is 31.0 Å². The average Bonchev–Trinajstić information content (AvgIpc) is 2.83. The molecule has 1 aromatic carbocycles. The van der Waals surface area contributed by atoms with Crippen molar-refractivity contribution in [1.82, 2.24) is 0 Å². The molecule has 0 aliphatic carbocycles. The minimum atomic E-state index is 0.138. The van der Waals surface area contributed by atoms with Crippen LogP contribution in [0.25, 0.3) is 0 Å². The first kappa shape index (κ1) is 11.0. The molecule has 0 unspecified atom stereocenters. The van der Waals surface area contributed by atoms with Crippen molar-refractivity contribution >= 4 is 5.69 Å². The van der Waals surface area contributed by atoms with Gasteiger partial charge in [0, 0.05) is 30.8 Å². The highest BCUT2D eigenvalue weighted by Crippen LogP contribution is 2.20. The van der Waals surface area contributed by atoms with Gasteiger partial charge in [-0.25, -0.2) is 0 Å². The second-order valence-electron chi connectivity index (χ2n) is 4.02. The molecule has 0 saturated carbocycles. The van der Waals surface area contributed by atoms with Crippen LogP contribution in [0.3, 0.4) is 0 Å². The standard InChI is InChI=1S/C14H17NO/c16-11-4-1-6-13-7-5-8-14(12-13)15-9-2-3-10-15/h5,7-8,12,16H,2-4,9-11H2. The van der Waals surface area contributed by atoms with Crippen LogP contribution >= 0.6 is 0 Å². The third kappa shape index (κ3) is 2.77. The molecular formula is C14H17NO. The molecule has 0 radical (unpaired) electrons. The van der Waals surface area contributed by atoms with Crippen LogP contribution in [0.1, 0.15) is 24.8 Å². The number of aliphatic hydroxyl groups excluding tert-OH is 1. The van der Waals surface area contributed by atoms with E-state index in [2.05, 4.69) is 34.9 Å². The van der Waals surface area contributed by atoms with Gasteiger partial charge < -0.3 is 10.0 Å². The van der Waals surface area contributed by atoms with Gasteiger partial charge >= 0.3 is 0 Å². The molecule has 1 N–H and O–H groups in total. The predicted octanol–water partition coefficient (Wildman–Crippen LogP) is 2.02. The Balaban J connectivity index is 2.10. The molecule has 1 saturated heterocycles. The van der Waals surface area contributed by atoms with Crippen molar-refractivity contribution in [3.63, 3.8) is 0 Å². The van der Waals surface area contributed by atoms with E-state index in [1.165, 1.54) is 18.5 Å². The van der Waals surface area contributed by atoms with Crippen LogP contribution in [0.4, 0.5) is 5.69 Å². The molecule has 0 aromatic heterocycles. The Bertz CT molecular complexity index is 397. The van der Waals surface area contributed by atoms with Crippen LogP contribution < -0.4 is 4.90 Å². The largest absolute Gasteiger partial charge is 0.395 e. The highest BCUT2D eigenvalue weighted by atomic mass is 16.2. The van der Waals surface area contributed by atoms with Crippen LogP contribution in [0.2, 0.25) is 0 Å². The zero-order valence-corrected chi connectivity index (χ0v) is 9.45. The van der Waals surface area contributed by atoms with Crippen molar-refractivity contribution in [2.24, 2.45) is 0 Å². The van der Waals surface area contributed by atoms with Gasteiger partial charge in [0.1, 0.15) is 0 Å². The van der Waals surface area contributed by atoms with Crippen molar-refractivity contribution in [3.8, 4) is 11.8 Å². The summed E-state index contributed by atoms with van der Waals surface area (Å²) in [6.45, 7) is 2.46. The van der Waals surface area contributed by atoms with Crippen molar-refractivity contribution in [2.45, 2.75) is 19.3 Å². The van der Waals surface area contributed by atoms with E-state index in [0.717, 1.165) is 18.7 Å². The fraction of sp³-hybridized carbons (Fsp3) is 0.429. The molecule has 2 heteroatoms. The van der Waals surface area contributed by atoms with Crippen molar-refractivity contribution < 1.29 is 5.11 Å². The Morgan fingerprint density at radius 1 is 1.25 bits per heavy atom. The number of aliphatic hydroxyl groups is 1. The zero-order valence-electron chi connectivity index (χ0n) is 9.45. The Labute approximate surface area is 96.9 Å². The molecule has 84 valence electrons. The second-order valence-corrected chi connectivity index (χ2v) is 4.02. The van der Waals surface area contributed by atoms with E-state index >= 15 is 0 Å². The van der Waals surface area contributed by atoms with Gasteiger partial charge in [-0.1, -0.05) is 17.9 Å². The number of anilines is 1. The summed E-state index contributed by atoms with van der Waals surface area (Å²) in [5, 5.41) is 8.66. The summed E-state index contributed by atoms with van der Waals surface area (Å²) in [6.07, 6.45) is 3.13. The molecule has 0 amide bonds. The lowest BCUT2D eigenvalue weighted by molar-refractivity contribution is 0.305. The minimum absolute atomic E-state index is 0.138. The smallest absolute Gasteiger partial charge is 0.0540 e. The number of benzene rings is 1. The van der Waals surface area contributed by atoms with Crippen molar-refractivity contribution in [3.05, 3.63) is 29.8 Å². The number of hydrogen-bond donors (Lipinski definition) is 1. The summed E-state index contributed by atoms with van der Waals surface area (Å²) in [5.74, 6) is 6.02. The van der Waals surface area contributed by atoms with Gasteiger partial charge in [-0.3, -0.25) is 0 Å². The second kappa shape index (κ2) is 5.58. The number of nitrogens with zero attached hydrogens (tertiary/aromatic N) is 1. The van der Waals surface area contributed by atoms with E-state index in [1.54, 1.807) is 0 Å². The summed E-state index contributed by atoms with van der Waals surface area (Å²) in [5.41, 5.74) is 2.31. The predicted molar refractivity (Wildman–Crippen MR) is 66.5 cm³/mol. The first-order chi connectivity index (χ1) is 7.90. The number of hydrogen-bond acceptors (Lipinski definition) is 2.